The summed E-state index contributed by atoms with van der Waals surface area (Å²) < 4.78 is 5.88. The van der Waals surface area contributed by atoms with Crippen LogP contribution in [0.15, 0.2) is 103 Å². The van der Waals surface area contributed by atoms with E-state index in [-0.39, 0.29) is 11.9 Å². The van der Waals surface area contributed by atoms with E-state index in [0.717, 1.165) is 11.3 Å². The van der Waals surface area contributed by atoms with E-state index in [1.54, 1.807) is 41.3 Å². The summed E-state index contributed by atoms with van der Waals surface area (Å²) in [5.74, 6) is 1.25. The van der Waals surface area contributed by atoms with Crippen LogP contribution in [-0.2, 0) is 0 Å². The zero-order chi connectivity index (χ0) is 26.0. The first kappa shape index (κ1) is 25.8. The second-order valence-electron chi connectivity index (χ2n) is 8.48. The standard InChI is InChI=1S/C30H28ClN3O3/c1-22-11-13-23(14-12-22)29(35)32-19-6-20-34(30(36)33-25-8-5-7-24(31)21-25)26-15-17-28(18-16-26)37-27-9-3-2-4-10-27/h2-5,7-18,21H,6,19-20H2,1H3,(H,32,35)(H,33,36). The van der Waals surface area contributed by atoms with Crippen LogP contribution in [0, 0.1) is 6.92 Å². The summed E-state index contributed by atoms with van der Waals surface area (Å²) in [6.07, 6.45) is 0.558. The van der Waals surface area contributed by atoms with Gasteiger partial charge in [0.2, 0.25) is 0 Å². The SMILES string of the molecule is Cc1ccc(C(=O)NCCCN(C(=O)Nc2cccc(Cl)c2)c2ccc(Oc3ccccc3)cc2)cc1. The van der Waals surface area contributed by atoms with E-state index in [2.05, 4.69) is 10.6 Å². The second-order valence-corrected chi connectivity index (χ2v) is 8.91. The van der Waals surface area contributed by atoms with Gasteiger partial charge in [-0.3, -0.25) is 9.69 Å². The van der Waals surface area contributed by atoms with Crippen molar-refractivity contribution in [2.75, 3.05) is 23.3 Å². The van der Waals surface area contributed by atoms with E-state index < -0.39 is 0 Å². The fourth-order valence-corrected chi connectivity index (χ4v) is 3.86. The van der Waals surface area contributed by atoms with Crippen molar-refractivity contribution < 1.29 is 14.3 Å². The van der Waals surface area contributed by atoms with Crippen LogP contribution in [0.5, 0.6) is 11.5 Å². The summed E-state index contributed by atoms with van der Waals surface area (Å²) in [6.45, 7) is 2.79. The number of hydrogen-bond acceptors (Lipinski definition) is 3. The Labute approximate surface area is 221 Å². The fraction of sp³-hybridized carbons (Fsp3) is 0.133. The summed E-state index contributed by atoms with van der Waals surface area (Å²) in [6, 6.07) is 30.9. The molecule has 7 heteroatoms. The average Bonchev–Trinajstić information content (AvgIpc) is 2.90. The minimum atomic E-state index is -0.302. The van der Waals surface area contributed by atoms with E-state index in [1.165, 1.54) is 0 Å². The first-order valence-electron chi connectivity index (χ1n) is 12.0. The molecule has 0 saturated heterocycles. The Morgan fingerprint density at radius 3 is 2.24 bits per heavy atom. The first-order valence-corrected chi connectivity index (χ1v) is 12.4. The number of nitrogens with zero attached hydrogens (tertiary/aromatic N) is 1. The number of aryl methyl sites for hydroxylation is 1. The molecular weight excluding hydrogens is 486 g/mol. The Hall–Kier alpha value is -4.29. The second kappa shape index (κ2) is 12.6. The van der Waals surface area contributed by atoms with Gasteiger partial charge in [-0.1, -0.05) is 53.6 Å². The van der Waals surface area contributed by atoms with Crippen molar-refractivity contribution in [1.82, 2.24) is 5.32 Å². The summed E-state index contributed by atoms with van der Waals surface area (Å²) in [5, 5.41) is 6.36. The lowest BCUT2D eigenvalue weighted by Crippen LogP contribution is -2.37. The molecule has 0 unspecified atom stereocenters. The van der Waals surface area contributed by atoms with Gasteiger partial charge in [0.1, 0.15) is 11.5 Å². The van der Waals surface area contributed by atoms with Crippen molar-refractivity contribution >= 4 is 34.9 Å². The van der Waals surface area contributed by atoms with Crippen molar-refractivity contribution in [3.63, 3.8) is 0 Å². The number of hydrogen-bond donors (Lipinski definition) is 2. The van der Waals surface area contributed by atoms with Gasteiger partial charge in [0.25, 0.3) is 5.91 Å². The predicted octanol–water partition coefficient (Wildman–Crippen LogP) is 7.30. The molecule has 37 heavy (non-hydrogen) atoms. The molecule has 0 bridgehead atoms. The molecule has 4 aromatic carbocycles. The van der Waals surface area contributed by atoms with E-state index in [0.29, 0.717) is 47.2 Å². The maximum Gasteiger partial charge on any atom is 0.326 e. The van der Waals surface area contributed by atoms with Crippen molar-refractivity contribution in [3.8, 4) is 11.5 Å². The Morgan fingerprint density at radius 2 is 1.54 bits per heavy atom. The highest BCUT2D eigenvalue weighted by Crippen LogP contribution is 2.25. The van der Waals surface area contributed by atoms with Crippen molar-refractivity contribution in [2.24, 2.45) is 0 Å². The van der Waals surface area contributed by atoms with Gasteiger partial charge in [0.15, 0.2) is 0 Å². The van der Waals surface area contributed by atoms with Gasteiger partial charge < -0.3 is 15.4 Å². The molecule has 188 valence electrons. The monoisotopic (exact) mass is 513 g/mol. The van der Waals surface area contributed by atoms with Crippen LogP contribution < -0.4 is 20.3 Å². The zero-order valence-corrected chi connectivity index (χ0v) is 21.2. The quantitative estimate of drug-likeness (QED) is 0.231. The predicted molar refractivity (Wildman–Crippen MR) is 149 cm³/mol. The Balaban J connectivity index is 1.42. The Morgan fingerprint density at radius 1 is 0.838 bits per heavy atom. The molecule has 0 spiro atoms. The number of para-hydroxylation sites is 1. The van der Waals surface area contributed by atoms with Gasteiger partial charge in [-0.2, -0.15) is 0 Å². The van der Waals surface area contributed by atoms with Crippen LogP contribution in [0.4, 0.5) is 16.2 Å². The first-order chi connectivity index (χ1) is 18.0. The highest BCUT2D eigenvalue weighted by molar-refractivity contribution is 6.30. The molecule has 0 radical (unpaired) electrons. The number of carbonyl (C=O) groups excluding carboxylic acids is 2. The molecule has 6 nitrogen and oxygen atoms in total. The molecule has 4 rings (SSSR count). The molecule has 0 saturated carbocycles. The van der Waals surface area contributed by atoms with Crippen molar-refractivity contribution in [3.05, 3.63) is 119 Å². The van der Waals surface area contributed by atoms with Gasteiger partial charge in [-0.15, -0.1) is 0 Å². The molecule has 0 aromatic heterocycles. The molecule has 0 aliphatic heterocycles. The van der Waals surface area contributed by atoms with Crippen molar-refractivity contribution in [1.29, 1.82) is 0 Å². The number of carbonyl (C=O) groups is 2. The highest BCUT2D eigenvalue weighted by atomic mass is 35.5. The molecule has 0 fully saturated rings. The maximum absolute atomic E-state index is 13.2. The number of rotatable bonds is 9. The van der Waals surface area contributed by atoms with E-state index in [9.17, 15) is 9.59 Å². The minimum absolute atomic E-state index is 0.141. The maximum atomic E-state index is 13.2. The van der Waals surface area contributed by atoms with Crippen LogP contribution in [0.1, 0.15) is 22.3 Å². The molecule has 2 N–H and O–H groups in total. The van der Waals surface area contributed by atoms with Gasteiger partial charge in [-0.05, 0) is 80.1 Å². The molecule has 3 amide bonds. The average molecular weight is 514 g/mol. The lowest BCUT2D eigenvalue weighted by molar-refractivity contribution is 0.0953. The normalized spacial score (nSPS) is 10.4. The smallest absolute Gasteiger partial charge is 0.326 e. The van der Waals surface area contributed by atoms with E-state index >= 15 is 0 Å². The molecule has 4 aromatic rings. The van der Waals surface area contributed by atoms with Crippen LogP contribution in [0.25, 0.3) is 0 Å². The molecule has 0 heterocycles. The van der Waals surface area contributed by atoms with Crippen LogP contribution >= 0.6 is 11.6 Å². The zero-order valence-electron chi connectivity index (χ0n) is 20.5. The van der Waals surface area contributed by atoms with E-state index in [4.69, 9.17) is 16.3 Å². The number of anilines is 2. The lowest BCUT2D eigenvalue weighted by atomic mass is 10.1. The fourth-order valence-electron chi connectivity index (χ4n) is 3.67. The number of halogens is 1. The number of amides is 3. The van der Waals surface area contributed by atoms with Crippen LogP contribution in [-0.4, -0.2) is 25.0 Å². The summed E-state index contributed by atoms with van der Waals surface area (Å²) in [7, 11) is 0. The summed E-state index contributed by atoms with van der Waals surface area (Å²) in [5.41, 5.74) is 3.00. The van der Waals surface area contributed by atoms with Gasteiger partial charge in [0, 0.05) is 35.1 Å². The van der Waals surface area contributed by atoms with E-state index in [1.807, 2.05) is 73.7 Å². The van der Waals surface area contributed by atoms with Gasteiger partial charge >= 0.3 is 6.03 Å². The molecule has 0 aliphatic rings. The Kier molecular flexibility index (Phi) is 8.79. The third kappa shape index (κ3) is 7.59. The number of benzene rings is 4. The molecule has 0 aliphatic carbocycles. The number of nitrogens with one attached hydrogen (secondary N) is 2. The van der Waals surface area contributed by atoms with Crippen LogP contribution in [0.2, 0.25) is 5.02 Å². The topological polar surface area (TPSA) is 70.7 Å². The third-order valence-corrected chi connectivity index (χ3v) is 5.84. The lowest BCUT2D eigenvalue weighted by Gasteiger charge is -2.24. The number of ether oxygens (including phenoxy) is 1. The summed E-state index contributed by atoms with van der Waals surface area (Å²) in [4.78, 5) is 27.3. The minimum Gasteiger partial charge on any atom is -0.457 e. The van der Waals surface area contributed by atoms with Gasteiger partial charge in [0.05, 0.1) is 0 Å². The van der Waals surface area contributed by atoms with Crippen molar-refractivity contribution in [2.45, 2.75) is 13.3 Å². The van der Waals surface area contributed by atoms with Crippen LogP contribution in [0.3, 0.4) is 0 Å². The number of urea groups is 1. The Bertz CT molecular complexity index is 1330. The van der Waals surface area contributed by atoms with Gasteiger partial charge in [-0.25, -0.2) is 4.79 Å². The largest absolute Gasteiger partial charge is 0.457 e. The molecular formula is C30H28ClN3O3. The highest BCUT2D eigenvalue weighted by Gasteiger charge is 2.17. The molecule has 0 atom stereocenters. The third-order valence-electron chi connectivity index (χ3n) is 5.61. The summed E-state index contributed by atoms with van der Waals surface area (Å²) >= 11 is 6.08.